The lowest BCUT2D eigenvalue weighted by atomic mass is 10.1. The summed E-state index contributed by atoms with van der Waals surface area (Å²) in [6.45, 7) is 4.02. The highest BCUT2D eigenvalue weighted by atomic mass is 16.5. The van der Waals surface area contributed by atoms with Crippen molar-refractivity contribution in [1.29, 1.82) is 0 Å². The van der Waals surface area contributed by atoms with Gasteiger partial charge in [-0.3, -0.25) is 4.79 Å². The molecule has 1 aromatic heterocycles. The average Bonchev–Trinajstić information content (AvgIpc) is 3.02. The summed E-state index contributed by atoms with van der Waals surface area (Å²) in [5.74, 6) is 0.745. The van der Waals surface area contributed by atoms with E-state index in [1.807, 2.05) is 13.8 Å². The Morgan fingerprint density at radius 2 is 2.06 bits per heavy atom. The molecule has 1 aliphatic rings. The molecule has 0 aromatic carbocycles. The summed E-state index contributed by atoms with van der Waals surface area (Å²) < 4.78 is 15.3. The molecule has 1 heterocycles. The van der Waals surface area contributed by atoms with Gasteiger partial charge in [-0.1, -0.05) is 19.0 Å². The topological polar surface area (TPSA) is 74.5 Å². The Morgan fingerprint density at radius 3 is 2.50 bits per heavy atom. The van der Waals surface area contributed by atoms with Crippen LogP contribution in [0.4, 0.5) is 0 Å². The van der Waals surface area contributed by atoms with Crippen LogP contribution in [0.2, 0.25) is 0 Å². The number of ether oxygens (including phenoxy) is 2. The number of hydrogen-bond acceptors (Lipinski definition) is 6. The van der Waals surface area contributed by atoms with Crippen molar-refractivity contribution in [2.24, 2.45) is 5.92 Å². The van der Waals surface area contributed by atoms with Crippen molar-refractivity contribution in [2.45, 2.75) is 38.2 Å². The molecule has 6 heteroatoms. The van der Waals surface area contributed by atoms with Crippen molar-refractivity contribution in [3.05, 3.63) is 11.7 Å². The van der Waals surface area contributed by atoms with E-state index in [0.29, 0.717) is 24.6 Å². The molecule has 1 unspecified atom stereocenters. The molecular formula is C12H18N2O4. The van der Waals surface area contributed by atoms with Crippen LogP contribution in [0.25, 0.3) is 0 Å². The Kier molecular flexibility index (Phi) is 3.38. The molecule has 6 nitrogen and oxygen atoms in total. The van der Waals surface area contributed by atoms with Crippen LogP contribution >= 0.6 is 0 Å². The molecular weight excluding hydrogens is 236 g/mol. The molecule has 0 N–H and O–H groups in total. The number of carbonyl (C=O) groups is 1. The van der Waals surface area contributed by atoms with Crippen molar-refractivity contribution >= 4 is 5.97 Å². The normalized spacial score (nSPS) is 18.7. The molecule has 1 fully saturated rings. The zero-order chi connectivity index (χ0) is 13.3. The highest BCUT2D eigenvalue weighted by Gasteiger charge is 2.57. The van der Waals surface area contributed by atoms with Gasteiger partial charge in [-0.15, -0.1) is 0 Å². The van der Waals surface area contributed by atoms with Crippen LogP contribution in [0.5, 0.6) is 0 Å². The SMILES string of the molecule is COC(=O)C1(c2nc(C(OC)C(C)C)no2)CC1. The van der Waals surface area contributed by atoms with Crippen LogP contribution in [-0.4, -0.2) is 30.3 Å². The lowest BCUT2D eigenvalue weighted by Crippen LogP contribution is -2.22. The molecule has 0 saturated heterocycles. The van der Waals surface area contributed by atoms with E-state index in [9.17, 15) is 4.79 Å². The van der Waals surface area contributed by atoms with Crippen molar-refractivity contribution in [2.75, 3.05) is 14.2 Å². The molecule has 0 aliphatic heterocycles. The van der Waals surface area contributed by atoms with E-state index in [4.69, 9.17) is 14.0 Å². The van der Waals surface area contributed by atoms with Crippen LogP contribution < -0.4 is 0 Å². The highest BCUT2D eigenvalue weighted by Crippen LogP contribution is 2.48. The number of methoxy groups -OCH3 is 2. The number of hydrogen-bond donors (Lipinski definition) is 0. The lowest BCUT2D eigenvalue weighted by molar-refractivity contribution is -0.144. The van der Waals surface area contributed by atoms with Gasteiger partial charge in [0, 0.05) is 7.11 Å². The maximum Gasteiger partial charge on any atom is 0.321 e. The Morgan fingerprint density at radius 1 is 1.39 bits per heavy atom. The minimum absolute atomic E-state index is 0.226. The quantitative estimate of drug-likeness (QED) is 0.743. The fraction of sp³-hybridized carbons (Fsp3) is 0.750. The van der Waals surface area contributed by atoms with Crippen LogP contribution in [0, 0.1) is 5.92 Å². The first-order valence-electron chi connectivity index (χ1n) is 6.00. The number of aromatic nitrogens is 2. The van der Waals surface area contributed by atoms with Gasteiger partial charge in [0.05, 0.1) is 7.11 Å². The number of nitrogens with zero attached hydrogens (tertiary/aromatic N) is 2. The zero-order valence-corrected chi connectivity index (χ0v) is 11.1. The van der Waals surface area contributed by atoms with Gasteiger partial charge in [-0.05, 0) is 18.8 Å². The van der Waals surface area contributed by atoms with Gasteiger partial charge in [-0.25, -0.2) is 0 Å². The van der Waals surface area contributed by atoms with Gasteiger partial charge < -0.3 is 14.0 Å². The predicted molar refractivity (Wildman–Crippen MR) is 61.8 cm³/mol. The first-order chi connectivity index (χ1) is 8.55. The van der Waals surface area contributed by atoms with Gasteiger partial charge in [0.15, 0.2) is 0 Å². The minimum Gasteiger partial charge on any atom is -0.468 e. The third-order valence-corrected chi connectivity index (χ3v) is 3.29. The summed E-state index contributed by atoms with van der Waals surface area (Å²) in [7, 11) is 2.97. The van der Waals surface area contributed by atoms with Gasteiger partial charge in [-0.2, -0.15) is 4.98 Å². The van der Waals surface area contributed by atoms with E-state index in [-0.39, 0.29) is 18.0 Å². The van der Waals surface area contributed by atoms with Crippen LogP contribution in [0.15, 0.2) is 4.52 Å². The predicted octanol–water partition coefficient (Wildman–Crippen LogP) is 1.62. The van der Waals surface area contributed by atoms with Gasteiger partial charge >= 0.3 is 5.97 Å². The third-order valence-electron chi connectivity index (χ3n) is 3.29. The Hall–Kier alpha value is -1.43. The Balaban J connectivity index is 2.23. The highest BCUT2D eigenvalue weighted by molar-refractivity contribution is 5.85. The lowest BCUT2D eigenvalue weighted by Gasteiger charge is -2.14. The van der Waals surface area contributed by atoms with E-state index >= 15 is 0 Å². The first-order valence-corrected chi connectivity index (χ1v) is 6.00. The van der Waals surface area contributed by atoms with Crippen LogP contribution in [0.3, 0.4) is 0 Å². The summed E-state index contributed by atoms with van der Waals surface area (Å²) in [5.41, 5.74) is -0.713. The van der Waals surface area contributed by atoms with Gasteiger partial charge in [0.1, 0.15) is 11.5 Å². The smallest absolute Gasteiger partial charge is 0.321 e. The number of esters is 1. The molecule has 2 rings (SSSR count). The summed E-state index contributed by atoms with van der Waals surface area (Å²) in [4.78, 5) is 16.0. The first kappa shape index (κ1) is 13.0. The zero-order valence-electron chi connectivity index (χ0n) is 11.1. The molecule has 0 bridgehead atoms. The molecule has 1 aliphatic carbocycles. The van der Waals surface area contributed by atoms with Crippen LogP contribution in [0.1, 0.15) is 44.5 Å². The largest absolute Gasteiger partial charge is 0.468 e. The summed E-state index contributed by atoms with van der Waals surface area (Å²) >= 11 is 0. The molecule has 1 atom stereocenters. The molecule has 1 aromatic rings. The van der Waals surface area contributed by atoms with Crippen molar-refractivity contribution < 1.29 is 18.8 Å². The summed E-state index contributed by atoms with van der Waals surface area (Å²) in [5, 5.41) is 3.91. The fourth-order valence-corrected chi connectivity index (χ4v) is 2.05. The Labute approximate surface area is 106 Å². The van der Waals surface area contributed by atoms with E-state index in [2.05, 4.69) is 10.1 Å². The monoisotopic (exact) mass is 254 g/mol. The fourth-order valence-electron chi connectivity index (χ4n) is 2.05. The second-order valence-electron chi connectivity index (χ2n) is 4.93. The average molecular weight is 254 g/mol. The van der Waals surface area contributed by atoms with Crippen molar-refractivity contribution in [1.82, 2.24) is 10.1 Å². The van der Waals surface area contributed by atoms with Gasteiger partial charge in [0.2, 0.25) is 11.7 Å². The number of rotatable bonds is 5. The van der Waals surface area contributed by atoms with Crippen molar-refractivity contribution in [3.8, 4) is 0 Å². The maximum absolute atomic E-state index is 11.7. The van der Waals surface area contributed by atoms with E-state index in [1.165, 1.54) is 7.11 Å². The van der Waals surface area contributed by atoms with Gasteiger partial charge in [0.25, 0.3) is 0 Å². The molecule has 18 heavy (non-hydrogen) atoms. The molecule has 1 saturated carbocycles. The van der Waals surface area contributed by atoms with E-state index < -0.39 is 5.41 Å². The maximum atomic E-state index is 11.7. The number of carbonyl (C=O) groups excluding carboxylic acids is 1. The molecule has 0 spiro atoms. The molecule has 100 valence electrons. The third kappa shape index (κ3) is 2.01. The summed E-state index contributed by atoms with van der Waals surface area (Å²) in [6, 6.07) is 0. The Bertz CT molecular complexity index is 437. The van der Waals surface area contributed by atoms with Crippen molar-refractivity contribution in [3.63, 3.8) is 0 Å². The van der Waals surface area contributed by atoms with Crippen LogP contribution in [-0.2, 0) is 19.7 Å². The minimum atomic E-state index is -0.713. The standard InChI is InChI=1S/C12H18N2O4/c1-7(2)8(16-3)9-13-10(18-14-9)12(5-6-12)11(15)17-4/h7-8H,5-6H2,1-4H3. The molecule has 0 radical (unpaired) electrons. The van der Waals surface area contributed by atoms with E-state index in [0.717, 1.165) is 0 Å². The second-order valence-corrected chi connectivity index (χ2v) is 4.93. The summed E-state index contributed by atoms with van der Waals surface area (Å²) in [6.07, 6.45) is 1.16. The molecule has 0 amide bonds. The van der Waals surface area contributed by atoms with E-state index in [1.54, 1.807) is 7.11 Å². The second kappa shape index (κ2) is 4.68.